The van der Waals surface area contributed by atoms with Crippen molar-refractivity contribution >= 4 is 34.4 Å². The van der Waals surface area contributed by atoms with Crippen molar-refractivity contribution in [3.63, 3.8) is 0 Å². The Morgan fingerprint density at radius 3 is 2.47 bits per heavy atom. The molecule has 34 heavy (non-hydrogen) atoms. The summed E-state index contributed by atoms with van der Waals surface area (Å²) >= 11 is 6.18. The van der Waals surface area contributed by atoms with Crippen molar-refractivity contribution in [1.82, 2.24) is 19.5 Å². The van der Waals surface area contributed by atoms with Crippen LogP contribution in [0.2, 0.25) is 5.02 Å². The molecule has 0 aliphatic carbocycles. The molecular weight excluding hydrogens is 448 g/mol. The van der Waals surface area contributed by atoms with Crippen molar-refractivity contribution in [3.8, 4) is 11.3 Å². The van der Waals surface area contributed by atoms with Crippen LogP contribution in [0.1, 0.15) is 13.8 Å². The zero-order valence-electron chi connectivity index (χ0n) is 19.4. The summed E-state index contributed by atoms with van der Waals surface area (Å²) in [5, 5.41) is 18.8. The van der Waals surface area contributed by atoms with Gasteiger partial charge in [0, 0.05) is 54.7 Å². The van der Waals surface area contributed by atoms with Crippen LogP contribution in [0.4, 0.5) is 17.3 Å². The lowest BCUT2D eigenvalue weighted by Crippen LogP contribution is -2.50. The third-order valence-electron chi connectivity index (χ3n) is 5.99. The van der Waals surface area contributed by atoms with Gasteiger partial charge in [-0.25, -0.2) is 9.50 Å². The highest BCUT2D eigenvalue weighted by molar-refractivity contribution is 6.30. The number of benzene rings is 2. The van der Waals surface area contributed by atoms with Crippen molar-refractivity contribution < 1.29 is 5.11 Å². The minimum absolute atomic E-state index is 0.528. The molecule has 7 nitrogen and oxygen atoms in total. The number of aromatic nitrogens is 3. The second-order valence-electron chi connectivity index (χ2n) is 9.39. The Hall–Kier alpha value is -3.13. The molecule has 0 bridgehead atoms. The van der Waals surface area contributed by atoms with Crippen LogP contribution in [0.5, 0.6) is 0 Å². The molecule has 1 aliphatic rings. The summed E-state index contributed by atoms with van der Waals surface area (Å²) in [7, 11) is 0. The average Bonchev–Trinajstić information content (AvgIpc) is 3.22. The lowest BCUT2D eigenvalue weighted by Gasteiger charge is -2.38. The summed E-state index contributed by atoms with van der Waals surface area (Å²) in [5.74, 6) is 0.528. The second-order valence-corrected chi connectivity index (χ2v) is 9.83. The number of nitrogens with zero attached hydrogens (tertiary/aromatic N) is 5. The molecule has 0 saturated carbocycles. The van der Waals surface area contributed by atoms with Crippen LogP contribution >= 0.6 is 11.6 Å². The van der Waals surface area contributed by atoms with E-state index in [1.165, 1.54) is 5.69 Å². The van der Waals surface area contributed by atoms with Crippen molar-refractivity contribution in [2.45, 2.75) is 19.4 Å². The van der Waals surface area contributed by atoms with Gasteiger partial charge >= 0.3 is 0 Å². The van der Waals surface area contributed by atoms with Crippen molar-refractivity contribution in [3.05, 3.63) is 71.9 Å². The molecule has 8 heteroatoms. The average molecular weight is 477 g/mol. The van der Waals surface area contributed by atoms with Crippen molar-refractivity contribution in [2.75, 3.05) is 42.9 Å². The van der Waals surface area contributed by atoms with E-state index < -0.39 is 5.60 Å². The zero-order chi connectivity index (χ0) is 23.7. The van der Waals surface area contributed by atoms with Gasteiger partial charge in [0.25, 0.3) is 0 Å². The van der Waals surface area contributed by atoms with Crippen LogP contribution in [0.15, 0.2) is 66.9 Å². The van der Waals surface area contributed by atoms with Gasteiger partial charge in [-0.3, -0.25) is 4.90 Å². The van der Waals surface area contributed by atoms with E-state index >= 15 is 0 Å². The fourth-order valence-corrected chi connectivity index (χ4v) is 4.61. The molecule has 2 N–H and O–H groups in total. The predicted octanol–water partition coefficient (Wildman–Crippen LogP) is 4.69. The summed E-state index contributed by atoms with van der Waals surface area (Å²) in [6.45, 7) is 8.22. The summed E-state index contributed by atoms with van der Waals surface area (Å²) < 4.78 is 1.88. The third kappa shape index (κ3) is 5.17. The van der Waals surface area contributed by atoms with Gasteiger partial charge < -0.3 is 15.3 Å². The Morgan fingerprint density at radius 2 is 1.76 bits per heavy atom. The first-order valence-corrected chi connectivity index (χ1v) is 11.9. The molecule has 1 aliphatic heterocycles. The topological polar surface area (TPSA) is 68.9 Å². The van der Waals surface area contributed by atoms with Crippen LogP contribution in [0, 0.1) is 0 Å². The van der Waals surface area contributed by atoms with Gasteiger partial charge in [-0.05, 0) is 62.4 Å². The number of rotatable bonds is 6. The van der Waals surface area contributed by atoms with E-state index in [9.17, 15) is 5.11 Å². The number of fused-ring (bicyclic) bond motifs is 1. The SMILES string of the molecule is CC(C)(O)CN1CCN(c2ccc(Nc3ncc4ccc(-c5cccc(Cl)c5)n4n3)cc2)CC1. The normalized spacial score (nSPS) is 15.1. The number of anilines is 3. The maximum absolute atomic E-state index is 10.1. The number of piperazine rings is 1. The minimum Gasteiger partial charge on any atom is -0.389 e. The lowest BCUT2D eigenvalue weighted by molar-refractivity contribution is 0.0345. The van der Waals surface area contributed by atoms with Gasteiger partial charge in [0.05, 0.1) is 23.0 Å². The lowest BCUT2D eigenvalue weighted by atomic mass is 10.1. The number of hydrogen-bond acceptors (Lipinski definition) is 6. The first-order valence-electron chi connectivity index (χ1n) is 11.5. The van der Waals surface area contributed by atoms with E-state index in [1.54, 1.807) is 0 Å². The van der Waals surface area contributed by atoms with Crippen LogP contribution < -0.4 is 10.2 Å². The molecular formula is C26H29ClN6O. The molecule has 5 rings (SSSR count). The van der Waals surface area contributed by atoms with Crippen LogP contribution in [-0.2, 0) is 0 Å². The monoisotopic (exact) mass is 476 g/mol. The molecule has 2 aromatic carbocycles. The Kier molecular flexibility index (Phi) is 6.16. The Balaban J connectivity index is 1.27. The molecule has 4 aromatic rings. The zero-order valence-corrected chi connectivity index (χ0v) is 20.2. The highest BCUT2D eigenvalue weighted by Gasteiger charge is 2.22. The minimum atomic E-state index is -0.657. The smallest absolute Gasteiger partial charge is 0.245 e. The number of hydrogen-bond donors (Lipinski definition) is 2. The van der Waals surface area contributed by atoms with E-state index in [1.807, 2.05) is 61.0 Å². The first-order chi connectivity index (χ1) is 16.3. The quantitative estimate of drug-likeness (QED) is 0.421. The number of aliphatic hydroxyl groups is 1. The third-order valence-corrected chi connectivity index (χ3v) is 6.23. The van der Waals surface area contributed by atoms with E-state index in [4.69, 9.17) is 16.7 Å². The molecule has 176 valence electrons. The number of halogens is 1. The van der Waals surface area contributed by atoms with Crippen molar-refractivity contribution in [1.29, 1.82) is 0 Å². The molecule has 1 saturated heterocycles. The highest BCUT2D eigenvalue weighted by Crippen LogP contribution is 2.26. The maximum atomic E-state index is 10.1. The van der Waals surface area contributed by atoms with Gasteiger partial charge in [-0.1, -0.05) is 23.7 Å². The van der Waals surface area contributed by atoms with Crippen LogP contribution in [-0.4, -0.2) is 62.9 Å². The molecule has 0 amide bonds. The number of nitrogens with one attached hydrogen (secondary N) is 1. The van der Waals surface area contributed by atoms with E-state index in [0.29, 0.717) is 17.5 Å². The second kappa shape index (κ2) is 9.25. The highest BCUT2D eigenvalue weighted by atomic mass is 35.5. The summed E-state index contributed by atoms with van der Waals surface area (Å²) in [4.78, 5) is 9.17. The van der Waals surface area contributed by atoms with Crippen LogP contribution in [0.25, 0.3) is 16.8 Å². The molecule has 0 atom stereocenters. The standard InChI is InChI=1S/C26H29ClN6O/c1-26(2,34)18-31-12-14-32(15-13-31)22-8-6-21(7-9-22)29-25-28-17-23-10-11-24(33(23)30-25)19-4-3-5-20(27)16-19/h3-11,16-17,34H,12-15,18H2,1-2H3,(H,29,30). The van der Waals surface area contributed by atoms with Gasteiger partial charge in [-0.2, -0.15) is 0 Å². The van der Waals surface area contributed by atoms with Crippen LogP contribution in [0.3, 0.4) is 0 Å². The largest absolute Gasteiger partial charge is 0.389 e. The van der Waals surface area contributed by atoms with E-state index in [0.717, 1.165) is 48.6 Å². The van der Waals surface area contributed by atoms with E-state index in [2.05, 4.69) is 44.4 Å². The van der Waals surface area contributed by atoms with Gasteiger partial charge in [-0.15, -0.1) is 5.10 Å². The Bertz CT molecular complexity index is 1270. The van der Waals surface area contributed by atoms with Gasteiger partial charge in [0.2, 0.25) is 5.95 Å². The number of β-amino-alcohol motifs (C(OH)–C–C–N with tert-alkyl or cyclic N) is 1. The fraction of sp³-hybridized carbons (Fsp3) is 0.308. The first kappa shape index (κ1) is 22.7. The molecule has 0 radical (unpaired) electrons. The fourth-order valence-electron chi connectivity index (χ4n) is 4.42. The summed E-state index contributed by atoms with van der Waals surface area (Å²) in [6.07, 6.45) is 1.81. The molecule has 1 fully saturated rings. The van der Waals surface area contributed by atoms with Crippen molar-refractivity contribution in [2.24, 2.45) is 0 Å². The molecule has 3 heterocycles. The molecule has 2 aromatic heterocycles. The van der Waals surface area contributed by atoms with E-state index in [-0.39, 0.29) is 0 Å². The summed E-state index contributed by atoms with van der Waals surface area (Å²) in [6, 6.07) is 20.1. The Morgan fingerprint density at radius 1 is 1.00 bits per heavy atom. The van der Waals surface area contributed by atoms with Gasteiger partial charge in [0.15, 0.2) is 0 Å². The van der Waals surface area contributed by atoms with Gasteiger partial charge in [0.1, 0.15) is 0 Å². The molecule has 0 spiro atoms. The predicted molar refractivity (Wildman–Crippen MR) is 138 cm³/mol. The summed E-state index contributed by atoms with van der Waals surface area (Å²) in [5.41, 5.74) is 4.35. The maximum Gasteiger partial charge on any atom is 0.245 e. The Labute approximate surface area is 204 Å². The molecule has 0 unspecified atom stereocenters.